The second-order valence-corrected chi connectivity index (χ2v) is 4.79. The Morgan fingerprint density at radius 3 is 2.72 bits per heavy atom. The number of halogens is 1. The van der Waals surface area contributed by atoms with Crippen molar-refractivity contribution >= 4 is 17.1 Å². The van der Waals surface area contributed by atoms with E-state index < -0.39 is 0 Å². The molecule has 0 fully saturated rings. The highest BCUT2D eigenvalue weighted by Gasteiger charge is 2.05. The quantitative estimate of drug-likeness (QED) is 0.642. The molecule has 0 saturated carbocycles. The lowest BCUT2D eigenvalue weighted by atomic mass is 10.0. The number of benzene rings is 1. The maximum absolute atomic E-state index is 12.7. The van der Waals surface area contributed by atoms with E-state index in [0.29, 0.717) is 0 Å². The SMILES string of the molecule is Fc1ccc(CNCCC2=CC=CCC2=S)cc1. The zero-order chi connectivity index (χ0) is 12.8. The minimum Gasteiger partial charge on any atom is -0.312 e. The topological polar surface area (TPSA) is 12.0 Å². The summed E-state index contributed by atoms with van der Waals surface area (Å²) >= 11 is 5.30. The fraction of sp³-hybridized carbons (Fsp3) is 0.267. The van der Waals surface area contributed by atoms with Gasteiger partial charge in [0.2, 0.25) is 0 Å². The van der Waals surface area contributed by atoms with Crippen LogP contribution in [0.4, 0.5) is 4.39 Å². The highest BCUT2D eigenvalue weighted by atomic mass is 32.1. The fourth-order valence-electron chi connectivity index (χ4n) is 1.86. The summed E-state index contributed by atoms with van der Waals surface area (Å²) < 4.78 is 12.7. The molecule has 1 aliphatic carbocycles. The van der Waals surface area contributed by atoms with E-state index in [1.165, 1.54) is 17.7 Å². The van der Waals surface area contributed by atoms with E-state index in [-0.39, 0.29) is 5.82 Å². The molecule has 3 heteroatoms. The summed E-state index contributed by atoms with van der Waals surface area (Å²) in [6, 6.07) is 6.58. The Bertz CT molecular complexity index is 474. The summed E-state index contributed by atoms with van der Waals surface area (Å²) in [4.78, 5) is 1.04. The molecule has 0 heterocycles. The van der Waals surface area contributed by atoms with Gasteiger partial charge >= 0.3 is 0 Å². The van der Waals surface area contributed by atoms with Gasteiger partial charge in [-0.05, 0) is 36.2 Å². The first-order valence-corrected chi connectivity index (χ1v) is 6.50. The summed E-state index contributed by atoms with van der Waals surface area (Å²) in [5, 5.41) is 3.34. The van der Waals surface area contributed by atoms with E-state index in [2.05, 4.69) is 23.5 Å². The van der Waals surface area contributed by atoms with Crippen molar-refractivity contribution in [1.82, 2.24) is 5.32 Å². The molecule has 1 nitrogen and oxygen atoms in total. The third kappa shape index (κ3) is 3.86. The van der Waals surface area contributed by atoms with Crippen LogP contribution in [0.15, 0.2) is 48.1 Å². The molecule has 94 valence electrons. The molecule has 0 atom stereocenters. The number of rotatable bonds is 5. The summed E-state index contributed by atoms with van der Waals surface area (Å²) in [5.74, 6) is -0.191. The molecule has 0 aromatic heterocycles. The second-order valence-electron chi connectivity index (χ2n) is 4.30. The summed E-state index contributed by atoms with van der Waals surface area (Å²) in [6.45, 7) is 1.65. The van der Waals surface area contributed by atoms with Crippen molar-refractivity contribution in [3.63, 3.8) is 0 Å². The first-order chi connectivity index (χ1) is 8.75. The third-order valence-electron chi connectivity index (χ3n) is 2.91. The van der Waals surface area contributed by atoms with Crippen LogP contribution >= 0.6 is 12.2 Å². The van der Waals surface area contributed by atoms with Gasteiger partial charge in [0.25, 0.3) is 0 Å². The number of hydrogen-bond donors (Lipinski definition) is 1. The molecular weight excluding hydrogens is 245 g/mol. The fourth-order valence-corrected chi connectivity index (χ4v) is 2.13. The Kier molecular flexibility index (Phi) is 4.79. The van der Waals surface area contributed by atoms with E-state index in [1.807, 2.05) is 0 Å². The van der Waals surface area contributed by atoms with Crippen molar-refractivity contribution in [2.75, 3.05) is 6.54 Å². The van der Waals surface area contributed by atoms with E-state index in [9.17, 15) is 4.39 Å². The van der Waals surface area contributed by atoms with Crippen LogP contribution in [-0.4, -0.2) is 11.4 Å². The van der Waals surface area contributed by atoms with E-state index >= 15 is 0 Å². The average Bonchev–Trinajstić information content (AvgIpc) is 2.39. The molecule has 18 heavy (non-hydrogen) atoms. The molecule has 0 saturated heterocycles. The van der Waals surface area contributed by atoms with Crippen LogP contribution in [0.3, 0.4) is 0 Å². The van der Waals surface area contributed by atoms with Crippen LogP contribution in [0.1, 0.15) is 18.4 Å². The van der Waals surface area contributed by atoms with E-state index in [0.717, 1.165) is 36.4 Å². The maximum Gasteiger partial charge on any atom is 0.123 e. The van der Waals surface area contributed by atoms with Crippen molar-refractivity contribution in [2.45, 2.75) is 19.4 Å². The smallest absolute Gasteiger partial charge is 0.123 e. The van der Waals surface area contributed by atoms with Gasteiger partial charge in [-0.3, -0.25) is 0 Å². The number of nitrogens with one attached hydrogen (secondary N) is 1. The number of allylic oxidation sites excluding steroid dienone is 3. The first kappa shape index (κ1) is 13.1. The van der Waals surface area contributed by atoms with Crippen LogP contribution in [-0.2, 0) is 6.54 Å². The van der Waals surface area contributed by atoms with Gasteiger partial charge in [0.15, 0.2) is 0 Å². The minimum atomic E-state index is -0.191. The average molecular weight is 261 g/mol. The minimum absolute atomic E-state index is 0.191. The maximum atomic E-state index is 12.7. The molecule has 0 aliphatic heterocycles. The monoisotopic (exact) mass is 261 g/mol. The normalized spacial score (nSPS) is 14.7. The molecule has 1 aromatic carbocycles. The highest BCUT2D eigenvalue weighted by Crippen LogP contribution is 2.13. The molecular formula is C15H16FNS. The number of thiocarbonyl (C=S) groups is 1. The Morgan fingerprint density at radius 1 is 1.22 bits per heavy atom. The van der Waals surface area contributed by atoms with Gasteiger partial charge in [-0.25, -0.2) is 4.39 Å². The summed E-state index contributed by atoms with van der Waals surface area (Å²) in [6.07, 6.45) is 8.07. The Hall–Kier alpha value is -1.32. The Labute approximate surface area is 112 Å². The third-order valence-corrected chi connectivity index (χ3v) is 3.34. The Morgan fingerprint density at radius 2 is 2.00 bits per heavy atom. The zero-order valence-electron chi connectivity index (χ0n) is 10.2. The summed E-state index contributed by atoms with van der Waals surface area (Å²) in [5.41, 5.74) is 2.34. The van der Waals surface area contributed by atoms with Crippen molar-refractivity contribution in [2.24, 2.45) is 0 Å². The van der Waals surface area contributed by atoms with Crippen LogP contribution in [0.5, 0.6) is 0 Å². The zero-order valence-corrected chi connectivity index (χ0v) is 11.0. The van der Waals surface area contributed by atoms with Gasteiger partial charge in [-0.1, -0.05) is 42.6 Å². The van der Waals surface area contributed by atoms with Crippen molar-refractivity contribution in [3.05, 3.63) is 59.4 Å². The molecule has 1 aromatic rings. The first-order valence-electron chi connectivity index (χ1n) is 6.10. The van der Waals surface area contributed by atoms with Crippen molar-refractivity contribution in [1.29, 1.82) is 0 Å². The molecule has 1 N–H and O–H groups in total. The predicted molar refractivity (Wildman–Crippen MR) is 77.2 cm³/mol. The van der Waals surface area contributed by atoms with Gasteiger partial charge in [0, 0.05) is 17.8 Å². The van der Waals surface area contributed by atoms with E-state index in [4.69, 9.17) is 12.2 Å². The van der Waals surface area contributed by atoms with Gasteiger partial charge in [0.1, 0.15) is 5.82 Å². The van der Waals surface area contributed by atoms with Gasteiger partial charge in [-0.15, -0.1) is 0 Å². The van der Waals surface area contributed by atoms with Crippen LogP contribution < -0.4 is 5.32 Å². The lowest BCUT2D eigenvalue weighted by Gasteiger charge is -2.11. The highest BCUT2D eigenvalue weighted by molar-refractivity contribution is 7.80. The van der Waals surface area contributed by atoms with Gasteiger partial charge < -0.3 is 5.32 Å². The predicted octanol–water partition coefficient (Wildman–Crippen LogP) is 3.56. The lowest BCUT2D eigenvalue weighted by molar-refractivity contribution is 0.625. The van der Waals surface area contributed by atoms with Gasteiger partial charge in [-0.2, -0.15) is 0 Å². The van der Waals surface area contributed by atoms with Crippen LogP contribution in [0.2, 0.25) is 0 Å². The largest absolute Gasteiger partial charge is 0.312 e. The second kappa shape index (κ2) is 6.57. The molecule has 0 unspecified atom stereocenters. The number of hydrogen-bond acceptors (Lipinski definition) is 2. The standard InChI is InChI=1S/C15H16FNS/c16-14-7-5-12(6-8-14)11-17-10-9-13-3-1-2-4-15(13)18/h1-3,5-8,17H,4,9-11H2. The van der Waals surface area contributed by atoms with Crippen molar-refractivity contribution < 1.29 is 4.39 Å². The molecule has 0 radical (unpaired) electrons. The van der Waals surface area contributed by atoms with Crippen LogP contribution in [0, 0.1) is 5.82 Å². The molecule has 0 bridgehead atoms. The summed E-state index contributed by atoms with van der Waals surface area (Å²) in [7, 11) is 0. The van der Waals surface area contributed by atoms with Crippen molar-refractivity contribution in [3.8, 4) is 0 Å². The molecule has 0 amide bonds. The van der Waals surface area contributed by atoms with Crippen LogP contribution in [0.25, 0.3) is 0 Å². The van der Waals surface area contributed by atoms with Gasteiger partial charge in [0.05, 0.1) is 0 Å². The lowest BCUT2D eigenvalue weighted by Crippen LogP contribution is -2.17. The molecule has 2 rings (SSSR count). The Balaban J connectivity index is 1.73. The molecule has 0 spiro atoms. The molecule has 1 aliphatic rings. The van der Waals surface area contributed by atoms with E-state index in [1.54, 1.807) is 12.1 Å².